The van der Waals surface area contributed by atoms with Crippen molar-refractivity contribution in [3.05, 3.63) is 29.8 Å². The van der Waals surface area contributed by atoms with Crippen molar-refractivity contribution in [1.29, 1.82) is 0 Å². The Morgan fingerprint density at radius 3 is 2.23 bits per heavy atom. The number of piperazine rings is 1. The van der Waals surface area contributed by atoms with Crippen molar-refractivity contribution in [3.8, 4) is 0 Å². The van der Waals surface area contributed by atoms with Crippen LogP contribution >= 0.6 is 24.0 Å². The normalized spacial score (nSPS) is 17.1. The lowest BCUT2D eigenvalue weighted by Gasteiger charge is -2.35. The number of rotatable bonds is 10. The van der Waals surface area contributed by atoms with Crippen LogP contribution in [0, 0.1) is 5.92 Å². The Morgan fingerprint density at radius 1 is 1.06 bits per heavy atom. The van der Waals surface area contributed by atoms with Gasteiger partial charge in [0.25, 0.3) is 0 Å². The summed E-state index contributed by atoms with van der Waals surface area (Å²) in [4.78, 5) is 10.2. The van der Waals surface area contributed by atoms with Crippen LogP contribution in [-0.2, 0) is 16.3 Å². The van der Waals surface area contributed by atoms with Crippen LogP contribution in [0.2, 0.25) is 0 Å². The topological polar surface area (TPSA) is 77.0 Å². The van der Waals surface area contributed by atoms with Crippen LogP contribution in [-0.4, -0.2) is 89.3 Å². The number of hydrogen-bond acceptors (Lipinski definition) is 5. The van der Waals surface area contributed by atoms with Gasteiger partial charge in [-0.2, -0.15) is 0 Å². The third-order valence-corrected chi connectivity index (χ3v) is 6.57. The van der Waals surface area contributed by atoms with Crippen LogP contribution in [0.3, 0.4) is 0 Å². The molecule has 0 radical (unpaired) electrons. The van der Waals surface area contributed by atoms with Crippen molar-refractivity contribution < 1.29 is 8.42 Å². The highest BCUT2D eigenvalue weighted by molar-refractivity contribution is 14.0. The molecule has 1 unspecified atom stereocenters. The van der Waals surface area contributed by atoms with Gasteiger partial charge in [-0.05, 0) is 43.5 Å². The number of hydrogen-bond donors (Lipinski definition) is 2. The fourth-order valence-electron chi connectivity index (χ4n) is 3.60. The predicted octanol–water partition coefficient (Wildman–Crippen LogP) is 2.08. The lowest BCUT2D eigenvalue weighted by molar-refractivity contribution is 0.125. The zero-order valence-corrected chi connectivity index (χ0v) is 22.6. The first kappa shape index (κ1) is 28.1. The number of halogens is 1. The molecular weight excluding hydrogens is 525 g/mol. The molecule has 0 bridgehead atoms. The molecule has 0 saturated carbocycles. The van der Waals surface area contributed by atoms with Gasteiger partial charge in [0, 0.05) is 58.6 Å². The molecule has 1 aromatic carbocycles. The van der Waals surface area contributed by atoms with E-state index in [9.17, 15) is 8.42 Å². The van der Waals surface area contributed by atoms with Crippen molar-refractivity contribution in [2.24, 2.45) is 10.9 Å². The van der Waals surface area contributed by atoms with E-state index in [2.05, 4.69) is 41.2 Å². The molecule has 9 heteroatoms. The van der Waals surface area contributed by atoms with Gasteiger partial charge in [0.05, 0.1) is 4.90 Å². The molecule has 2 N–H and O–H groups in total. The van der Waals surface area contributed by atoms with E-state index in [1.165, 1.54) is 19.3 Å². The van der Waals surface area contributed by atoms with Gasteiger partial charge in [-0.15, -0.1) is 24.0 Å². The summed E-state index contributed by atoms with van der Waals surface area (Å²) in [6.07, 6.45) is 2.04. The van der Waals surface area contributed by atoms with Crippen LogP contribution in [0.4, 0.5) is 0 Å². The summed E-state index contributed by atoms with van der Waals surface area (Å²) in [6, 6.07) is 7.10. The van der Waals surface area contributed by atoms with Crippen molar-refractivity contribution in [2.45, 2.75) is 32.1 Å². The van der Waals surface area contributed by atoms with E-state index in [0.717, 1.165) is 63.8 Å². The second-order valence-corrected chi connectivity index (χ2v) is 10.2. The molecule has 7 nitrogen and oxygen atoms in total. The highest BCUT2D eigenvalue weighted by Gasteiger charge is 2.17. The first-order valence-electron chi connectivity index (χ1n) is 11.1. The quantitative estimate of drug-likeness (QED) is 0.257. The van der Waals surface area contributed by atoms with Crippen LogP contribution in [0.5, 0.6) is 0 Å². The van der Waals surface area contributed by atoms with Gasteiger partial charge in [-0.3, -0.25) is 4.99 Å². The first-order chi connectivity index (χ1) is 14.3. The maximum Gasteiger partial charge on any atom is 0.191 e. The van der Waals surface area contributed by atoms with E-state index in [1.54, 1.807) is 12.1 Å². The standard InChI is InChI=1S/C22H39N5O2S.HI/c1-5-23-22(24-12-11-20-7-9-21(10-8-20)30(4,28)29)25-17-19(3)18-27-15-13-26(6-2)14-16-27;/h7-10,19H,5-6,11-18H2,1-4H3,(H2,23,24,25);1H. The minimum Gasteiger partial charge on any atom is -0.357 e. The van der Waals surface area contributed by atoms with Crippen molar-refractivity contribution in [1.82, 2.24) is 20.4 Å². The summed E-state index contributed by atoms with van der Waals surface area (Å²) in [7, 11) is -3.14. The van der Waals surface area contributed by atoms with Crippen LogP contribution in [0.1, 0.15) is 26.3 Å². The van der Waals surface area contributed by atoms with E-state index in [4.69, 9.17) is 4.99 Å². The SMILES string of the molecule is CCNC(=NCC(C)CN1CCN(CC)CC1)NCCc1ccc(S(C)(=O)=O)cc1.I. The third kappa shape index (κ3) is 10.5. The molecular formula is C22H40IN5O2S. The lowest BCUT2D eigenvalue weighted by atomic mass is 10.1. The van der Waals surface area contributed by atoms with E-state index in [0.29, 0.717) is 10.8 Å². The fourth-order valence-corrected chi connectivity index (χ4v) is 4.23. The van der Waals surface area contributed by atoms with E-state index in [1.807, 2.05) is 12.1 Å². The summed E-state index contributed by atoms with van der Waals surface area (Å²) < 4.78 is 23.1. The van der Waals surface area contributed by atoms with Gasteiger partial charge in [-0.1, -0.05) is 26.0 Å². The Hall–Kier alpha value is -0.910. The number of nitrogens with one attached hydrogen (secondary N) is 2. The van der Waals surface area contributed by atoms with E-state index >= 15 is 0 Å². The molecule has 31 heavy (non-hydrogen) atoms. The van der Waals surface area contributed by atoms with Crippen molar-refractivity contribution >= 4 is 39.8 Å². The zero-order chi connectivity index (χ0) is 22.0. The Bertz CT molecular complexity index is 763. The Balaban J connectivity index is 0.00000480. The van der Waals surface area contributed by atoms with Crippen molar-refractivity contribution in [3.63, 3.8) is 0 Å². The predicted molar refractivity (Wildman–Crippen MR) is 140 cm³/mol. The molecule has 0 aromatic heterocycles. The first-order valence-corrected chi connectivity index (χ1v) is 13.0. The van der Waals surface area contributed by atoms with Gasteiger partial charge in [0.15, 0.2) is 15.8 Å². The number of sulfone groups is 1. The number of benzene rings is 1. The number of guanidine groups is 1. The fraction of sp³-hybridized carbons (Fsp3) is 0.682. The number of likely N-dealkylation sites (N-methyl/N-ethyl adjacent to an activating group) is 1. The van der Waals surface area contributed by atoms with Gasteiger partial charge < -0.3 is 20.4 Å². The van der Waals surface area contributed by atoms with Crippen LogP contribution < -0.4 is 10.6 Å². The maximum atomic E-state index is 11.6. The molecule has 1 fully saturated rings. The summed E-state index contributed by atoms with van der Waals surface area (Å²) in [5.74, 6) is 1.35. The van der Waals surface area contributed by atoms with Gasteiger partial charge in [0.2, 0.25) is 0 Å². The lowest BCUT2D eigenvalue weighted by Crippen LogP contribution is -2.47. The van der Waals surface area contributed by atoms with Gasteiger partial charge in [0.1, 0.15) is 0 Å². The molecule has 1 heterocycles. The highest BCUT2D eigenvalue weighted by Crippen LogP contribution is 2.10. The molecule has 0 amide bonds. The summed E-state index contributed by atoms with van der Waals surface area (Å²) in [5, 5.41) is 6.70. The van der Waals surface area contributed by atoms with Crippen LogP contribution in [0.15, 0.2) is 34.2 Å². The largest absolute Gasteiger partial charge is 0.357 e. The summed E-state index contributed by atoms with van der Waals surface area (Å²) >= 11 is 0. The van der Waals surface area contributed by atoms with E-state index < -0.39 is 9.84 Å². The Kier molecular flexibility index (Phi) is 13.0. The molecule has 1 atom stereocenters. The van der Waals surface area contributed by atoms with Gasteiger partial charge >= 0.3 is 0 Å². The van der Waals surface area contributed by atoms with E-state index in [-0.39, 0.29) is 24.0 Å². The van der Waals surface area contributed by atoms with Crippen LogP contribution in [0.25, 0.3) is 0 Å². The Labute approximate surface area is 206 Å². The minimum atomic E-state index is -3.14. The molecule has 1 aliphatic rings. The second kappa shape index (κ2) is 14.3. The summed E-state index contributed by atoms with van der Waals surface area (Å²) in [5.41, 5.74) is 1.10. The van der Waals surface area contributed by atoms with Crippen molar-refractivity contribution in [2.75, 3.05) is 65.2 Å². The maximum absolute atomic E-state index is 11.6. The molecule has 1 aliphatic heterocycles. The molecule has 178 valence electrons. The average Bonchev–Trinajstić information content (AvgIpc) is 2.72. The monoisotopic (exact) mass is 565 g/mol. The third-order valence-electron chi connectivity index (χ3n) is 5.44. The smallest absolute Gasteiger partial charge is 0.191 e. The second-order valence-electron chi connectivity index (χ2n) is 8.15. The average molecular weight is 566 g/mol. The van der Waals surface area contributed by atoms with Gasteiger partial charge in [-0.25, -0.2) is 8.42 Å². The molecule has 2 rings (SSSR count). The minimum absolute atomic E-state index is 0. The summed E-state index contributed by atoms with van der Waals surface area (Å²) in [6.45, 7) is 15.8. The zero-order valence-electron chi connectivity index (χ0n) is 19.4. The Morgan fingerprint density at radius 2 is 1.68 bits per heavy atom. The molecule has 1 aromatic rings. The number of aliphatic imine (C=N–C) groups is 1. The molecule has 0 spiro atoms. The number of nitrogens with zero attached hydrogens (tertiary/aromatic N) is 3. The molecule has 0 aliphatic carbocycles. The molecule has 1 saturated heterocycles. The highest BCUT2D eigenvalue weighted by atomic mass is 127.